The molecule has 1 rings (SSSR count). The molecule has 1 aromatic rings. The summed E-state index contributed by atoms with van der Waals surface area (Å²) in [4.78, 5) is 22.1. The van der Waals surface area contributed by atoms with Crippen LogP contribution in [0, 0.1) is 0 Å². The third-order valence-electron chi connectivity index (χ3n) is 1.12. The zero-order valence-electron chi connectivity index (χ0n) is 6.47. The van der Waals surface area contributed by atoms with Gasteiger partial charge in [-0.25, -0.2) is 5.84 Å². The summed E-state index contributed by atoms with van der Waals surface area (Å²) >= 11 is 0. The summed E-state index contributed by atoms with van der Waals surface area (Å²) in [5.74, 6) is 3.25. The normalized spacial score (nSPS) is 9.62. The van der Waals surface area contributed by atoms with Crippen molar-refractivity contribution >= 4 is 11.8 Å². The van der Waals surface area contributed by atoms with Gasteiger partial charge in [-0.1, -0.05) is 0 Å². The number of primary amides is 1. The van der Waals surface area contributed by atoms with E-state index in [1.807, 2.05) is 5.43 Å². The van der Waals surface area contributed by atoms with Gasteiger partial charge < -0.3 is 5.73 Å². The molecule has 1 heterocycles. The minimum absolute atomic E-state index is 0.212. The Kier molecular flexibility index (Phi) is 2.50. The van der Waals surface area contributed by atoms with Gasteiger partial charge in [0.15, 0.2) is 0 Å². The Morgan fingerprint density at radius 1 is 1.54 bits per heavy atom. The maximum Gasteiger partial charge on any atom is 0.290 e. The molecular formula is C4H7N7O2. The zero-order chi connectivity index (χ0) is 9.84. The van der Waals surface area contributed by atoms with E-state index in [9.17, 15) is 9.59 Å². The minimum Gasteiger partial charge on any atom is -0.363 e. The highest BCUT2D eigenvalue weighted by atomic mass is 16.2. The van der Waals surface area contributed by atoms with Crippen LogP contribution < -0.4 is 17.0 Å². The maximum absolute atomic E-state index is 10.7. The van der Waals surface area contributed by atoms with Crippen LogP contribution in [0.1, 0.15) is 10.6 Å². The van der Waals surface area contributed by atoms with E-state index in [-0.39, 0.29) is 12.4 Å². The Balaban J connectivity index is 2.69. The van der Waals surface area contributed by atoms with Crippen molar-refractivity contribution in [3.05, 3.63) is 5.82 Å². The number of tetrazole rings is 1. The van der Waals surface area contributed by atoms with E-state index in [0.29, 0.717) is 0 Å². The molecule has 0 saturated heterocycles. The van der Waals surface area contributed by atoms with Gasteiger partial charge in [0.25, 0.3) is 17.6 Å². The van der Waals surface area contributed by atoms with Crippen molar-refractivity contribution in [1.29, 1.82) is 0 Å². The lowest BCUT2D eigenvalue weighted by atomic mass is 10.6. The molecule has 70 valence electrons. The number of amides is 2. The van der Waals surface area contributed by atoms with Crippen molar-refractivity contribution < 1.29 is 9.59 Å². The predicted molar refractivity (Wildman–Crippen MR) is 38.7 cm³/mol. The van der Waals surface area contributed by atoms with Gasteiger partial charge in [-0.3, -0.25) is 15.0 Å². The van der Waals surface area contributed by atoms with Gasteiger partial charge in [0.05, 0.1) is 0 Å². The van der Waals surface area contributed by atoms with Gasteiger partial charge in [-0.05, 0) is 5.21 Å². The van der Waals surface area contributed by atoms with Crippen LogP contribution >= 0.6 is 0 Å². The molecule has 0 bridgehead atoms. The monoisotopic (exact) mass is 185 g/mol. The number of nitrogens with zero attached hydrogens (tertiary/aromatic N) is 4. The van der Waals surface area contributed by atoms with Crippen LogP contribution in [0.2, 0.25) is 0 Å². The van der Waals surface area contributed by atoms with Crippen LogP contribution in [0.25, 0.3) is 0 Å². The quantitative estimate of drug-likeness (QED) is 0.256. The number of nitrogens with one attached hydrogen (secondary N) is 1. The highest BCUT2D eigenvalue weighted by molar-refractivity contribution is 5.88. The van der Waals surface area contributed by atoms with Crippen LogP contribution in [0.4, 0.5) is 0 Å². The number of hydrogen-bond donors (Lipinski definition) is 3. The number of carbonyl (C=O) groups excluding carboxylic acids is 2. The first-order valence-electron chi connectivity index (χ1n) is 3.20. The Hall–Kier alpha value is -2.03. The van der Waals surface area contributed by atoms with Crippen LogP contribution in [-0.2, 0) is 11.3 Å². The molecule has 5 N–H and O–H groups in total. The average molecular weight is 185 g/mol. The van der Waals surface area contributed by atoms with Crippen LogP contribution in [0.15, 0.2) is 0 Å². The van der Waals surface area contributed by atoms with Gasteiger partial charge >= 0.3 is 0 Å². The van der Waals surface area contributed by atoms with E-state index in [0.717, 1.165) is 4.80 Å². The van der Waals surface area contributed by atoms with Gasteiger partial charge in [0.1, 0.15) is 6.54 Å². The summed E-state index contributed by atoms with van der Waals surface area (Å²) in [6.45, 7) is -0.212. The van der Waals surface area contributed by atoms with Crippen molar-refractivity contribution in [3.63, 3.8) is 0 Å². The summed E-state index contributed by atoms with van der Waals surface area (Å²) in [6.07, 6.45) is 0. The Bertz CT molecular complexity index is 331. The molecule has 0 atom stereocenters. The molecule has 0 aliphatic heterocycles. The molecular weight excluding hydrogens is 178 g/mol. The molecule has 13 heavy (non-hydrogen) atoms. The van der Waals surface area contributed by atoms with Gasteiger partial charge in [-0.2, -0.15) is 4.80 Å². The van der Waals surface area contributed by atoms with Crippen LogP contribution in [0.3, 0.4) is 0 Å². The first-order valence-corrected chi connectivity index (χ1v) is 3.20. The van der Waals surface area contributed by atoms with Crippen molar-refractivity contribution in [2.45, 2.75) is 6.54 Å². The average Bonchev–Trinajstić information content (AvgIpc) is 2.52. The first-order chi connectivity index (χ1) is 6.13. The van der Waals surface area contributed by atoms with E-state index >= 15 is 0 Å². The van der Waals surface area contributed by atoms with Gasteiger partial charge in [0.2, 0.25) is 0 Å². The second-order valence-corrected chi connectivity index (χ2v) is 2.08. The molecule has 1 aromatic heterocycles. The first kappa shape index (κ1) is 9.06. The van der Waals surface area contributed by atoms with E-state index in [2.05, 4.69) is 15.4 Å². The van der Waals surface area contributed by atoms with Crippen molar-refractivity contribution in [1.82, 2.24) is 25.6 Å². The Morgan fingerprint density at radius 3 is 2.69 bits per heavy atom. The minimum atomic E-state index is -0.806. The molecule has 0 aromatic carbocycles. The standard InChI is InChI=1S/C4H7N7O2/c5-3(13)4-8-10-11(9-4)1-2(12)7-6/h1,6H2,(H2,5,13)(H,7,12). The molecule has 0 saturated carbocycles. The topological polar surface area (TPSA) is 142 Å². The lowest BCUT2D eigenvalue weighted by Crippen LogP contribution is -2.33. The third kappa shape index (κ3) is 2.20. The SMILES string of the molecule is NNC(=O)Cn1nnc(C(N)=O)n1. The second-order valence-electron chi connectivity index (χ2n) is 2.08. The van der Waals surface area contributed by atoms with Gasteiger partial charge in [0, 0.05) is 0 Å². The summed E-state index contributed by atoms with van der Waals surface area (Å²) < 4.78 is 0. The van der Waals surface area contributed by atoms with Crippen LogP contribution in [0.5, 0.6) is 0 Å². The van der Waals surface area contributed by atoms with Crippen LogP contribution in [-0.4, -0.2) is 32.0 Å². The fraction of sp³-hybridized carbons (Fsp3) is 0.250. The molecule has 2 amide bonds. The highest BCUT2D eigenvalue weighted by Gasteiger charge is 2.09. The summed E-state index contributed by atoms with van der Waals surface area (Å²) in [6, 6.07) is 0. The smallest absolute Gasteiger partial charge is 0.290 e. The van der Waals surface area contributed by atoms with Crippen molar-refractivity contribution in [2.75, 3.05) is 0 Å². The van der Waals surface area contributed by atoms with E-state index in [1.54, 1.807) is 0 Å². The molecule has 0 spiro atoms. The number of hydrogen-bond acceptors (Lipinski definition) is 6. The summed E-state index contributed by atoms with van der Waals surface area (Å²) in [7, 11) is 0. The molecule has 0 aliphatic carbocycles. The Labute approximate surface area is 72.0 Å². The largest absolute Gasteiger partial charge is 0.363 e. The number of hydrazine groups is 1. The van der Waals surface area contributed by atoms with E-state index in [4.69, 9.17) is 11.6 Å². The maximum atomic E-state index is 10.7. The summed E-state index contributed by atoms with van der Waals surface area (Å²) in [5.41, 5.74) is 6.72. The molecule has 9 heteroatoms. The molecule has 0 unspecified atom stereocenters. The molecule has 9 nitrogen and oxygen atoms in total. The lowest BCUT2D eigenvalue weighted by Gasteiger charge is -1.95. The highest BCUT2D eigenvalue weighted by Crippen LogP contribution is 1.83. The van der Waals surface area contributed by atoms with E-state index in [1.165, 1.54) is 0 Å². The lowest BCUT2D eigenvalue weighted by molar-refractivity contribution is -0.122. The molecule has 0 aliphatic rings. The van der Waals surface area contributed by atoms with Gasteiger partial charge in [-0.15, -0.1) is 10.2 Å². The molecule has 0 fully saturated rings. The number of aromatic nitrogens is 4. The zero-order valence-corrected chi connectivity index (χ0v) is 6.47. The fourth-order valence-corrected chi connectivity index (χ4v) is 0.583. The molecule has 0 radical (unpaired) electrons. The number of rotatable bonds is 3. The number of carbonyl (C=O) groups is 2. The Morgan fingerprint density at radius 2 is 2.23 bits per heavy atom. The van der Waals surface area contributed by atoms with Crippen molar-refractivity contribution in [2.24, 2.45) is 11.6 Å². The van der Waals surface area contributed by atoms with E-state index < -0.39 is 11.8 Å². The fourth-order valence-electron chi connectivity index (χ4n) is 0.583. The summed E-state index contributed by atoms with van der Waals surface area (Å²) in [5, 5.41) is 10.2. The third-order valence-corrected chi connectivity index (χ3v) is 1.12. The predicted octanol–water partition coefficient (Wildman–Crippen LogP) is -3.24. The second kappa shape index (κ2) is 3.58. The van der Waals surface area contributed by atoms with Crippen molar-refractivity contribution in [3.8, 4) is 0 Å². The number of nitrogens with two attached hydrogens (primary N) is 2.